The molecule has 2 nitrogen and oxygen atoms in total. The van der Waals surface area contributed by atoms with E-state index in [0.717, 1.165) is 19.0 Å². The second kappa shape index (κ2) is 6.36. The molecule has 0 saturated heterocycles. The predicted molar refractivity (Wildman–Crippen MR) is 89.9 cm³/mol. The molecule has 0 aliphatic heterocycles. The van der Waals surface area contributed by atoms with Crippen LogP contribution in [-0.4, -0.2) is 30.6 Å². The number of hydrogen-bond acceptors (Lipinski definition) is 2. The molecule has 0 spiro atoms. The molecule has 1 fully saturated rings. The molecule has 20 heavy (non-hydrogen) atoms. The molecule has 0 amide bonds. The van der Waals surface area contributed by atoms with Crippen LogP contribution in [0.4, 0.5) is 0 Å². The van der Waals surface area contributed by atoms with E-state index in [-0.39, 0.29) is 5.54 Å². The monoisotopic (exact) mass is 282 g/mol. The van der Waals surface area contributed by atoms with Gasteiger partial charge >= 0.3 is 0 Å². The van der Waals surface area contributed by atoms with Crippen LogP contribution in [0.2, 0.25) is 0 Å². The van der Waals surface area contributed by atoms with Crippen molar-refractivity contribution in [1.29, 1.82) is 0 Å². The van der Waals surface area contributed by atoms with E-state index in [1.807, 2.05) is 0 Å². The first-order chi connectivity index (χ1) is 9.00. The van der Waals surface area contributed by atoms with E-state index < -0.39 is 0 Å². The van der Waals surface area contributed by atoms with Crippen molar-refractivity contribution >= 4 is 0 Å². The standard InChI is InChI=1S/C18H38N2/c1-16(2,3)14-20(7)18(13-19)11-8-9-15(10-12-18)17(4,5)6/h15H,8-14,19H2,1-7H3. The Morgan fingerprint density at radius 2 is 1.65 bits per heavy atom. The van der Waals surface area contributed by atoms with Crippen molar-refractivity contribution in [2.75, 3.05) is 20.1 Å². The van der Waals surface area contributed by atoms with Gasteiger partial charge in [-0.25, -0.2) is 0 Å². The second-order valence-electron chi connectivity index (χ2n) is 9.34. The summed E-state index contributed by atoms with van der Waals surface area (Å²) in [7, 11) is 2.29. The summed E-state index contributed by atoms with van der Waals surface area (Å²) in [6, 6.07) is 0. The van der Waals surface area contributed by atoms with Gasteiger partial charge in [0, 0.05) is 18.6 Å². The quantitative estimate of drug-likeness (QED) is 0.783. The van der Waals surface area contributed by atoms with Crippen molar-refractivity contribution in [2.24, 2.45) is 22.5 Å². The minimum atomic E-state index is 0.229. The van der Waals surface area contributed by atoms with E-state index in [0.29, 0.717) is 10.8 Å². The number of nitrogens with two attached hydrogens (primary N) is 1. The third-order valence-corrected chi connectivity index (χ3v) is 5.28. The van der Waals surface area contributed by atoms with Crippen LogP contribution in [0.5, 0.6) is 0 Å². The van der Waals surface area contributed by atoms with Gasteiger partial charge in [-0.05, 0) is 49.5 Å². The van der Waals surface area contributed by atoms with Crippen molar-refractivity contribution < 1.29 is 0 Å². The minimum absolute atomic E-state index is 0.229. The van der Waals surface area contributed by atoms with Crippen LogP contribution in [0.3, 0.4) is 0 Å². The minimum Gasteiger partial charge on any atom is -0.329 e. The third-order valence-electron chi connectivity index (χ3n) is 5.28. The molecule has 0 radical (unpaired) electrons. The Labute approximate surface area is 127 Å². The van der Waals surface area contributed by atoms with E-state index in [4.69, 9.17) is 5.73 Å². The average Bonchev–Trinajstić information content (AvgIpc) is 2.48. The summed E-state index contributed by atoms with van der Waals surface area (Å²) in [5.41, 5.74) is 7.25. The lowest BCUT2D eigenvalue weighted by atomic mass is 9.76. The van der Waals surface area contributed by atoms with Gasteiger partial charge in [-0.1, -0.05) is 48.0 Å². The van der Waals surface area contributed by atoms with E-state index >= 15 is 0 Å². The van der Waals surface area contributed by atoms with Gasteiger partial charge in [-0.15, -0.1) is 0 Å². The van der Waals surface area contributed by atoms with Crippen molar-refractivity contribution in [3.05, 3.63) is 0 Å². The Balaban J connectivity index is 2.80. The molecular formula is C18H38N2. The van der Waals surface area contributed by atoms with Gasteiger partial charge in [0.15, 0.2) is 0 Å². The largest absolute Gasteiger partial charge is 0.329 e. The summed E-state index contributed by atoms with van der Waals surface area (Å²) in [4.78, 5) is 2.57. The lowest BCUT2D eigenvalue weighted by Crippen LogP contribution is -2.54. The van der Waals surface area contributed by atoms with Crippen LogP contribution >= 0.6 is 0 Å². The Hall–Kier alpha value is -0.0800. The van der Waals surface area contributed by atoms with Gasteiger partial charge in [0.1, 0.15) is 0 Å². The van der Waals surface area contributed by atoms with E-state index in [1.165, 1.54) is 32.1 Å². The summed E-state index contributed by atoms with van der Waals surface area (Å²) in [6.45, 7) is 16.1. The summed E-state index contributed by atoms with van der Waals surface area (Å²) < 4.78 is 0. The summed E-state index contributed by atoms with van der Waals surface area (Å²) in [6.07, 6.45) is 6.55. The van der Waals surface area contributed by atoms with Crippen molar-refractivity contribution in [1.82, 2.24) is 4.90 Å². The van der Waals surface area contributed by atoms with Crippen LogP contribution in [0.25, 0.3) is 0 Å². The molecule has 0 bridgehead atoms. The van der Waals surface area contributed by atoms with Crippen LogP contribution < -0.4 is 5.73 Å². The Morgan fingerprint density at radius 1 is 1.05 bits per heavy atom. The van der Waals surface area contributed by atoms with Gasteiger partial charge in [-0.2, -0.15) is 0 Å². The van der Waals surface area contributed by atoms with Crippen molar-refractivity contribution in [3.63, 3.8) is 0 Å². The number of rotatable bonds is 3. The lowest BCUT2D eigenvalue weighted by molar-refractivity contribution is 0.0692. The number of hydrogen-bond donors (Lipinski definition) is 1. The fourth-order valence-corrected chi connectivity index (χ4v) is 3.88. The van der Waals surface area contributed by atoms with Crippen LogP contribution in [-0.2, 0) is 0 Å². The summed E-state index contributed by atoms with van der Waals surface area (Å²) >= 11 is 0. The predicted octanol–water partition coefficient (Wildman–Crippen LogP) is 4.29. The zero-order valence-corrected chi connectivity index (χ0v) is 15.1. The molecule has 2 heteroatoms. The Morgan fingerprint density at radius 3 is 2.10 bits per heavy atom. The number of likely N-dealkylation sites (N-methyl/N-ethyl adjacent to an activating group) is 1. The van der Waals surface area contributed by atoms with Gasteiger partial charge in [0.05, 0.1) is 0 Å². The molecule has 1 rings (SSSR count). The molecule has 0 aromatic heterocycles. The topological polar surface area (TPSA) is 29.3 Å². The van der Waals surface area contributed by atoms with Gasteiger partial charge < -0.3 is 5.73 Å². The van der Waals surface area contributed by atoms with E-state index in [9.17, 15) is 0 Å². The fourth-order valence-electron chi connectivity index (χ4n) is 3.88. The fraction of sp³-hybridized carbons (Fsp3) is 1.00. The molecule has 2 atom stereocenters. The molecule has 0 heterocycles. The maximum absolute atomic E-state index is 6.24. The van der Waals surface area contributed by atoms with E-state index in [2.05, 4.69) is 53.5 Å². The van der Waals surface area contributed by atoms with Crippen molar-refractivity contribution in [2.45, 2.75) is 79.2 Å². The summed E-state index contributed by atoms with van der Waals surface area (Å²) in [5.74, 6) is 0.846. The molecular weight excluding hydrogens is 244 g/mol. The molecule has 2 unspecified atom stereocenters. The average molecular weight is 283 g/mol. The molecule has 0 aromatic rings. The first kappa shape index (κ1) is 18.0. The van der Waals surface area contributed by atoms with E-state index in [1.54, 1.807) is 0 Å². The smallest absolute Gasteiger partial charge is 0.0329 e. The lowest BCUT2D eigenvalue weighted by Gasteiger charge is -2.44. The normalized spacial score (nSPS) is 29.6. The first-order valence-corrected chi connectivity index (χ1v) is 8.41. The van der Waals surface area contributed by atoms with Crippen LogP contribution in [0.1, 0.15) is 73.6 Å². The highest BCUT2D eigenvalue weighted by molar-refractivity contribution is 4.95. The summed E-state index contributed by atoms with van der Waals surface area (Å²) in [5, 5.41) is 0. The SMILES string of the molecule is CN(CC(C)(C)C)C1(CN)CCCC(C(C)(C)C)CC1. The number of nitrogens with zero attached hydrogens (tertiary/aromatic N) is 1. The molecule has 1 aliphatic carbocycles. The second-order valence-corrected chi connectivity index (χ2v) is 9.34. The Bertz CT molecular complexity index is 298. The highest BCUT2D eigenvalue weighted by Gasteiger charge is 2.38. The van der Waals surface area contributed by atoms with Gasteiger partial charge in [-0.3, -0.25) is 4.90 Å². The zero-order chi connectivity index (χ0) is 15.6. The van der Waals surface area contributed by atoms with Crippen molar-refractivity contribution in [3.8, 4) is 0 Å². The first-order valence-electron chi connectivity index (χ1n) is 8.41. The van der Waals surface area contributed by atoms with Crippen LogP contribution in [0, 0.1) is 16.7 Å². The maximum atomic E-state index is 6.24. The van der Waals surface area contributed by atoms with Crippen LogP contribution in [0.15, 0.2) is 0 Å². The third kappa shape index (κ3) is 4.73. The maximum Gasteiger partial charge on any atom is 0.0329 e. The van der Waals surface area contributed by atoms with Gasteiger partial charge in [0.25, 0.3) is 0 Å². The zero-order valence-electron chi connectivity index (χ0n) is 15.1. The Kier molecular flexibility index (Phi) is 5.71. The van der Waals surface area contributed by atoms with Gasteiger partial charge in [0.2, 0.25) is 0 Å². The molecule has 1 aliphatic rings. The molecule has 120 valence electrons. The highest BCUT2D eigenvalue weighted by atomic mass is 15.2. The molecule has 1 saturated carbocycles. The molecule has 0 aromatic carbocycles. The highest BCUT2D eigenvalue weighted by Crippen LogP contribution is 2.41. The molecule has 2 N–H and O–H groups in total.